The van der Waals surface area contributed by atoms with Crippen LogP contribution in [0.4, 0.5) is 21.7 Å². The van der Waals surface area contributed by atoms with E-state index < -0.39 is 33.6 Å². The van der Waals surface area contributed by atoms with Gasteiger partial charge < -0.3 is 20.2 Å². The van der Waals surface area contributed by atoms with Crippen molar-refractivity contribution in [1.29, 1.82) is 0 Å². The minimum Gasteiger partial charge on any atom is -0.395 e. The van der Waals surface area contributed by atoms with E-state index in [0.717, 1.165) is 43.6 Å². The van der Waals surface area contributed by atoms with Crippen LogP contribution in [0.2, 0.25) is 0 Å². The highest BCUT2D eigenvalue weighted by molar-refractivity contribution is 7.91. The number of aliphatic hydroxyl groups excluding tert-OH is 1. The number of piperazine rings is 1. The maximum Gasteiger partial charge on any atom is 0.252 e. The first kappa shape index (κ1) is 26.7. The van der Waals surface area contributed by atoms with E-state index in [1.165, 1.54) is 22.8 Å². The Kier molecular flexibility index (Phi) is 7.60. The largest absolute Gasteiger partial charge is 0.395 e. The molecule has 0 aliphatic carbocycles. The van der Waals surface area contributed by atoms with E-state index in [1.54, 1.807) is 12.3 Å². The third kappa shape index (κ3) is 5.77. The van der Waals surface area contributed by atoms with Gasteiger partial charge in [0.25, 0.3) is 5.56 Å². The Morgan fingerprint density at radius 1 is 1.03 bits per heavy atom. The standard InChI is InChI=1S/C27H29FN6O4S/c1-32-11-13-33(14-12-32)21-8-6-20(7-9-21)30-27-29-17-19-5-10-25(36)34(26(19)31-27)18-22-23(28)3-2-4-24(22)39(37,38)16-15-35/h2-10,17,35H,11-16,18H2,1H3,(H,29,30,31). The lowest BCUT2D eigenvalue weighted by Crippen LogP contribution is -2.44. The molecule has 5 rings (SSSR count). The average molecular weight is 553 g/mol. The van der Waals surface area contributed by atoms with Crippen LogP contribution in [0.5, 0.6) is 0 Å². The monoisotopic (exact) mass is 552 g/mol. The number of nitrogens with zero attached hydrogens (tertiary/aromatic N) is 5. The van der Waals surface area contributed by atoms with Crippen molar-refractivity contribution in [2.24, 2.45) is 0 Å². The van der Waals surface area contributed by atoms with E-state index in [2.05, 4.69) is 32.1 Å². The molecule has 0 atom stereocenters. The second-order valence-electron chi connectivity index (χ2n) is 9.45. The van der Waals surface area contributed by atoms with Gasteiger partial charge in [-0.25, -0.2) is 17.8 Å². The Bertz CT molecular complexity index is 1650. The number of benzene rings is 2. The summed E-state index contributed by atoms with van der Waals surface area (Å²) in [4.78, 5) is 26.1. The fourth-order valence-corrected chi connectivity index (χ4v) is 5.89. The number of halogens is 1. The lowest BCUT2D eigenvalue weighted by Gasteiger charge is -2.34. The molecule has 2 aromatic carbocycles. The molecule has 0 unspecified atom stereocenters. The number of aromatic nitrogens is 3. The minimum absolute atomic E-state index is 0.173. The molecule has 0 bridgehead atoms. The molecule has 1 fully saturated rings. The molecular formula is C27H29FN6O4S. The van der Waals surface area contributed by atoms with Gasteiger partial charge in [-0.15, -0.1) is 0 Å². The molecule has 4 aromatic rings. The molecular weight excluding hydrogens is 523 g/mol. The summed E-state index contributed by atoms with van der Waals surface area (Å²) in [6, 6.07) is 14.5. The van der Waals surface area contributed by atoms with Crippen LogP contribution in [-0.4, -0.2) is 78.5 Å². The summed E-state index contributed by atoms with van der Waals surface area (Å²) in [5.74, 6) is -1.10. The molecule has 1 aliphatic rings. The van der Waals surface area contributed by atoms with Crippen molar-refractivity contribution in [3.8, 4) is 0 Å². The highest BCUT2D eigenvalue weighted by Crippen LogP contribution is 2.24. The van der Waals surface area contributed by atoms with Gasteiger partial charge in [-0.05, 0) is 49.5 Å². The Labute approximate surface area is 225 Å². The van der Waals surface area contributed by atoms with E-state index in [0.29, 0.717) is 5.39 Å². The van der Waals surface area contributed by atoms with Crippen molar-refractivity contribution in [3.63, 3.8) is 0 Å². The summed E-state index contributed by atoms with van der Waals surface area (Å²) in [5.41, 5.74) is 1.45. The zero-order valence-electron chi connectivity index (χ0n) is 21.4. The molecule has 1 saturated heterocycles. The third-order valence-corrected chi connectivity index (χ3v) is 8.57. The maximum absolute atomic E-state index is 14.9. The lowest BCUT2D eigenvalue weighted by molar-refractivity contribution is 0.313. The van der Waals surface area contributed by atoms with Crippen molar-refractivity contribution in [3.05, 3.63) is 82.5 Å². The Hall–Kier alpha value is -3.87. The Morgan fingerprint density at radius 2 is 1.77 bits per heavy atom. The van der Waals surface area contributed by atoms with Gasteiger partial charge in [0.15, 0.2) is 9.84 Å². The summed E-state index contributed by atoms with van der Waals surface area (Å²) < 4.78 is 41.5. The zero-order valence-corrected chi connectivity index (χ0v) is 22.2. The number of likely N-dealkylation sites (N-methyl/N-ethyl adjacent to an activating group) is 1. The number of rotatable bonds is 8. The molecule has 2 N–H and O–H groups in total. The quantitative estimate of drug-likeness (QED) is 0.339. The smallest absolute Gasteiger partial charge is 0.252 e. The topological polar surface area (TPSA) is 121 Å². The highest BCUT2D eigenvalue weighted by Gasteiger charge is 2.22. The average Bonchev–Trinajstić information content (AvgIpc) is 2.92. The van der Waals surface area contributed by atoms with E-state index >= 15 is 0 Å². The van der Waals surface area contributed by atoms with E-state index in [-0.39, 0.29) is 28.6 Å². The fraction of sp³-hybridized carbons (Fsp3) is 0.296. The van der Waals surface area contributed by atoms with Crippen LogP contribution in [0.25, 0.3) is 11.0 Å². The molecule has 1 aliphatic heterocycles. The van der Waals surface area contributed by atoms with Gasteiger partial charge in [0, 0.05) is 60.8 Å². The summed E-state index contributed by atoms with van der Waals surface area (Å²) in [6.45, 7) is 2.96. The van der Waals surface area contributed by atoms with Gasteiger partial charge in [0.2, 0.25) is 5.95 Å². The minimum atomic E-state index is -3.97. The first-order chi connectivity index (χ1) is 18.7. The number of hydrogen-bond acceptors (Lipinski definition) is 9. The van der Waals surface area contributed by atoms with Crippen LogP contribution >= 0.6 is 0 Å². The van der Waals surface area contributed by atoms with Gasteiger partial charge in [0.05, 0.1) is 23.8 Å². The molecule has 12 heteroatoms. The highest BCUT2D eigenvalue weighted by atomic mass is 32.2. The summed E-state index contributed by atoms with van der Waals surface area (Å²) >= 11 is 0. The fourth-order valence-electron chi connectivity index (χ4n) is 4.61. The maximum atomic E-state index is 14.9. The lowest BCUT2D eigenvalue weighted by atomic mass is 10.2. The second kappa shape index (κ2) is 11.1. The van der Waals surface area contributed by atoms with Crippen molar-refractivity contribution in [1.82, 2.24) is 19.4 Å². The van der Waals surface area contributed by atoms with Crippen molar-refractivity contribution in [2.45, 2.75) is 11.4 Å². The van der Waals surface area contributed by atoms with Crippen LogP contribution in [0.15, 0.2) is 70.5 Å². The van der Waals surface area contributed by atoms with Crippen molar-refractivity contribution >= 4 is 38.2 Å². The van der Waals surface area contributed by atoms with Crippen molar-refractivity contribution < 1.29 is 17.9 Å². The number of sulfone groups is 1. The zero-order chi connectivity index (χ0) is 27.6. The third-order valence-electron chi connectivity index (χ3n) is 6.80. The van der Waals surface area contributed by atoms with Crippen LogP contribution < -0.4 is 15.8 Å². The number of anilines is 3. The molecule has 0 radical (unpaired) electrons. The van der Waals surface area contributed by atoms with E-state index in [9.17, 15) is 22.7 Å². The molecule has 3 heterocycles. The van der Waals surface area contributed by atoms with Crippen LogP contribution in [0.1, 0.15) is 5.56 Å². The van der Waals surface area contributed by atoms with E-state index in [1.807, 2.05) is 24.3 Å². The molecule has 0 saturated carbocycles. The predicted octanol–water partition coefficient (Wildman–Crippen LogP) is 2.24. The Balaban J connectivity index is 1.45. The van der Waals surface area contributed by atoms with Crippen LogP contribution in [-0.2, 0) is 16.4 Å². The first-order valence-corrected chi connectivity index (χ1v) is 14.2. The SMILES string of the molecule is CN1CCN(c2ccc(Nc3ncc4ccc(=O)n(Cc5c(F)cccc5S(=O)(=O)CCO)c4n3)cc2)CC1. The molecule has 2 aromatic heterocycles. The van der Waals surface area contributed by atoms with Gasteiger partial charge in [-0.3, -0.25) is 9.36 Å². The summed E-state index contributed by atoms with van der Waals surface area (Å²) in [7, 11) is -1.86. The van der Waals surface area contributed by atoms with Crippen molar-refractivity contribution in [2.75, 3.05) is 55.8 Å². The first-order valence-electron chi connectivity index (χ1n) is 12.5. The molecule has 0 spiro atoms. The number of hydrogen-bond donors (Lipinski definition) is 2. The molecule has 0 amide bonds. The predicted molar refractivity (Wildman–Crippen MR) is 148 cm³/mol. The van der Waals surface area contributed by atoms with Gasteiger partial charge in [0.1, 0.15) is 11.5 Å². The second-order valence-corrected chi connectivity index (χ2v) is 11.5. The summed E-state index contributed by atoms with van der Waals surface area (Å²) in [6.07, 6.45) is 1.55. The van der Waals surface area contributed by atoms with Crippen LogP contribution in [0, 0.1) is 5.82 Å². The van der Waals surface area contributed by atoms with Gasteiger partial charge in [-0.1, -0.05) is 6.07 Å². The number of fused-ring (bicyclic) bond motifs is 1. The molecule has 10 nitrogen and oxygen atoms in total. The number of aliphatic hydroxyl groups is 1. The van der Waals surface area contributed by atoms with Gasteiger partial charge in [-0.2, -0.15) is 4.98 Å². The normalized spacial score (nSPS) is 14.6. The summed E-state index contributed by atoms with van der Waals surface area (Å²) in [5, 5.41) is 12.9. The number of pyridine rings is 1. The van der Waals surface area contributed by atoms with E-state index in [4.69, 9.17) is 0 Å². The molecule has 39 heavy (non-hydrogen) atoms. The molecule has 204 valence electrons. The van der Waals surface area contributed by atoms with Crippen LogP contribution in [0.3, 0.4) is 0 Å². The Morgan fingerprint density at radius 3 is 2.49 bits per heavy atom. The number of nitrogens with one attached hydrogen (secondary N) is 1. The van der Waals surface area contributed by atoms with Gasteiger partial charge >= 0.3 is 0 Å².